The fourth-order valence-corrected chi connectivity index (χ4v) is 4.90. The summed E-state index contributed by atoms with van der Waals surface area (Å²) in [4.78, 5) is 25.3. The zero-order chi connectivity index (χ0) is 23.9. The summed E-state index contributed by atoms with van der Waals surface area (Å²) in [6.45, 7) is 0. The van der Waals surface area contributed by atoms with Crippen molar-refractivity contribution in [1.29, 1.82) is 0 Å². The van der Waals surface area contributed by atoms with Gasteiger partial charge in [0, 0.05) is 29.4 Å². The number of aromatic amines is 1. The molecule has 0 saturated heterocycles. The Balaban J connectivity index is 1.48. The van der Waals surface area contributed by atoms with Gasteiger partial charge < -0.3 is 19.8 Å². The Labute approximate surface area is 201 Å². The molecule has 0 bridgehead atoms. The average molecular weight is 463 g/mol. The van der Waals surface area contributed by atoms with Crippen LogP contribution in [0, 0.1) is 0 Å². The maximum Gasteiger partial charge on any atom is 0.252 e. The predicted molar refractivity (Wildman–Crippen MR) is 134 cm³/mol. The first kappa shape index (κ1) is 20.9. The van der Waals surface area contributed by atoms with Gasteiger partial charge in [0.2, 0.25) is 11.8 Å². The molecule has 35 heavy (non-hydrogen) atoms. The van der Waals surface area contributed by atoms with E-state index in [2.05, 4.69) is 44.5 Å². The number of aromatic nitrogens is 3. The fourth-order valence-electron chi connectivity index (χ4n) is 4.90. The molecule has 1 unspecified atom stereocenters. The summed E-state index contributed by atoms with van der Waals surface area (Å²) < 4.78 is 10.9. The summed E-state index contributed by atoms with van der Waals surface area (Å²) in [5, 5.41) is 4.06. The number of nitrogens with one attached hydrogen (secondary N) is 2. The zero-order valence-electron chi connectivity index (χ0n) is 19.2. The number of amides is 1. The molecule has 0 saturated carbocycles. The van der Waals surface area contributed by atoms with Gasteiger partial charge in [0.25, 0.3) is 5.91 Å². The Morgan fingerprint density at radius 1 is 0.886 bits per heavy atom. The van der Waals surface area contributed by atoms with Gasteiger partial charge in [0.15, 0.2) is 0 Å². The molecular weight excluding hydrogens is 440 g/mol. The summed E-state index contributed by atoms with van der Waals surface area (Å²) in [5.41, 5.74) is 7.30. The van der Waals surface area contributed by atoms with E-state index in [9.17, 15) is 4.79 Å². The molecule has 3 aromatic heterocycles. The van der Waals surface area contributed by atoms with Crippen molar-refractivity contribution in [3.8, 4) is 34.0 Å². The molecule has 3 heterocycles. The van der Waals surface area contributed by atoms with Gasteiger partial charge in [0.1, 0.15) is 5.65 Å². The van der Waals surface area contributed by atoms with Crippen LogP contribution < -0.4 is 14.8 Å². The number of nitrogens with zero attached hydrogens (tertiary/aromatic N) is 2. The highest BCUT2D eigenvalue weighted by Crippen LogP contribution is 2.49. The van der Waals surface area contributed by atoms with Crippen molar-refractivity contribution in [3.63, 3.8) is 0 Å². The second-order valence-electron chi connectivity index (χ2n) is 8.27. The van der Waals surface area contributed by atoms with Gasteiger partial charge >= 0.3 is 0 Å². The molecule has 0 fully saturated rings. The third-order valence-corrected chi connectivity index (χ3v) is 6.46. The van der Waals surface area contributed by atoms with Gasteiger partial charge in [-0.2, -0.15) is 4.98 Å². The van der Waals surface area contributed by atoms with Gasteiger partial charge in [-0.25, -0.2) is 4.98 Å². The van der Waals surface area contributed by atoms with Crippen molar-refractivity contribution in [2.45, 2.75) is 6.04 Å². The second-order valence-corrected chi connectivity index (χ2v) is 8.27. The Kier molecular flexibility index (Phi) is 4.95. The van der Waals surface area contributed by atoms with E-state index in [0.717, 1.165) is 38.8 Å². The number of rotatable bonds is 5. The molecule has 5 aromatic rings. The molecule has 1 atom stereocenters. The molecule has 0 aliphatic heterocycles. The predicted octanol–water partition coefficient (Wildman–Crippen LogP) is 5.14. The van der Waals surface area contributed by atoms with Crippen LogP contribution in [0.3, 0.4) is 0 Å². The third kappa shape index (κ3) is 3.32. The van der Waals surface area contributed by atoms with Crippen molar-refractivity contribution in [1.82, 2.24) is 20.3 Å². The largest absolute Gasteiger partial charge is 0.481 e. The molecule has 6 rings (SSSR count). The Hall–Kier alpha value is -4.65. The van der Waals surface area contributed by atoms with Crippen LogP contribution in [0.25, 0.3) is 33.3 Å². The standard InChI is InChI=1S/C28H22N4O3/c1-34-23-11-10-21(28(31-23)35-2)17-8-5-9-22-24(17)16-6-3-4-7-18(16)25(22)32-27(33)20-13-15-30-26-19(20)12-14-29-26/h3-15,25H,1-2H3,(H,29,30)(H,32,33). The minimum absolute atomic E-state index is 0.154. The lowest BCUT2D eigenvalue weighted by molar-refractivity contribution is 0.0945. The SMILES string of the molecule is COc1ccc(-c2cccc3c2-c2ccccc2C3NC(=O)c2ccnc3[nH]ccc23)c(OC)n1. The Morgan fingerprint density at radius 2 is 1.71 bits per heavy atom. The summed E-state index contributed by atoms with van der Waals surface area (Å²) in [6.07, 6.45) is 3.43. The topological polar surface area (TPSA) is 89.1 Å². The molecule has 2 N–H and O–H groups in total. The summed E-state index contributed by atoms with van der Waals surface area (Å²) >= 11 is 0. The van der Waals surface area contributed by atoms with Crippen LogP contribution >= 0.6 is 0 Å². The van der Waals surface area contributed by atoms with E-state index < -0.39 is 0 Å². The molecular formula is C28H22N4O3. The van der Waals surface area contributed by atoms with E-state index in [4.69, 9.17) is 9.47 Å². The summed E-state index contributed by atoms with van der Waals surface area (Å²) in [6, 6.07) is 21.4. The minimum Gasteiger partial charge on any atom is -0.481 e. The van der Waals surface area contributed by atoms with Crippen LogP contribution in [0.5, 0.6) is 11.8 Å². The van der Waals surface area contributed by atoms with Crippen LogP contribution in [0.2, 0.25) is 0 Å². The van der Waals surface area contributed by atoms with Crippen LogP contribution in [0.1, 0.15) is 27.5 Å². The van der Waals surface area contributed by atoms with Crippen molar-refractivity contribution >= 4 is 16.9 Å². The zero-order valence-corrected chi connectivity index (χ0v) is 19.2. The number of methoxy groups -OCH3 is 2. The molecule has 0 radical (unpaired) electrons. The van der Waals surface area contributed by atoms with Crippen LogP contribution in [-0.4, -0.2) is 35.1 Å². The number of ether oxygens (including phenoxy) is 2. The van der Waals surface area contributed by atoms with E-state index in [1.54, 1.807) is 32.7 Å². The lowest BCUT2D eigenvalue weighted by atomic mass is 9.94. The molecule has 1 amide bonds. The van der Waals surface area contributed by atoms with Gasteiger partial charge in [-0.05, 0) is 46.0 Å². The first-order chi connectivity index (χ1) is 17.2. The molecule has 172 valence electrons. The van der Waals surface area contributed by atoms with Crippen molar-refractivity contribution in [2.24, 2.45) is 0 Å². The summed E-state index contributed by atoms with van der Waals surface area (Å²) in [5.74, 6) is 0.810. The smallest absolute Gasteiger partial charge is 0.252 e. The second kappa shape index (κ2) is 8.29. The molecule has 1 aliphatic rings. The molecule has 2 aromatic carbocycles. The Bertz CT molecular complexity index is 1590. The van der Waals surface area contributed by atoms with Crippen LogP contribution in [0.4, 0.5) is 0 Å². The molecule has 7 heteroatoms. The van der Waals surface area contributed by atoms with E-state index in [1.807, 2.05) is 36.4 Å². The van der Waals surface area contributed by atoms with Gasteiger partial charge in [-0.3, -0.25) is 4.79 Å². The fraction of sp³-hybridized carbons (Fsp3) is 0.107. The number of pyridine rings is 2. The monoisotopic (exact) mass is 462 g/mol. The highest BCUT2D eigenvalue weighted by atomic mass is 16.5. The normalized spacial score (nSPS) is 13.8. The number of hydrogen-bond acceptors (Lipinski definition) is 5. The molecule has 7 nitrogen and oxygen atoms in total. The number of carbonyl (C=O) groups excluding carboxylic acids is 1. The highest BCUT2D eigenvalue weighted by Gasteiger charge is 2.32. The molecule has 1 aliphatic carbocycles. The minimum atomic E-state index is -0.298. The first-order valence-electron chi connectivity index (χ1n) is 11.2. The van der Waals surface area contributed by atoms with Crippen molar-refractivity contribution in [2.75, 3.05) is 14.2 Å². The van der Waals surface area contributed by atoms with Gasteiger partial charge in [0.05, 0.1) is 25.8 Å². The van der Waals surface area contributed by atoms with E-state index in [0.29, 0.717) is 23.0 Å². The van der Waals surface area contributed by atoms with Gasteiger partial charge in [-0.15, -0.1) is 0 Å². The summed E-state index contributed by atoms with van der Waals surface area (Å²) in [7, 11) is 3.18. The maximum atomic E-state index is 13.5. The number of carbonyl (C=O) groups is 1. The Morgan fingerprint density at radius 3 is 2.57 bits per heavy atom. The number of fused-ring (bicyclic) bond motifs is 4. The lowest BCUT2D eigenvalue weighted by Crippen LogP contribution is -2.28. The van der Waals surface area contributed by atoms with Crippen molar-refractivity contribution in [3.05, 3.63) is 95.8 Å². The van der Waals surface area contributed by atoms with E-state index >= 15 is 0 Å². The van der Waals surface area contributed by atoms with E-state index in [-0.39, 0.29) is 11.9 Å². The third-order valence-electron chi connectivity index (χ3n) is 6.46. The number of H-pyrrole nitrogens is 1. The lowest BCUT2D eigenvalue weighted by Gasteiger charge is -2.17. The van der Waals surface area contributed by atoms with Crippen LogP contribution in [-0.2, 0) is 0 Å². The number of benzene rings is 2. The maximum absolute atomic E-state index is 13.5. The first-order valence-corrected chi connectivity index (χ1v) is 11.2. The van der Waals surface area contributed by atoms with E-state index in [1.165, 1.54) is 0 Å². The number of hydrogen-bond donors (Lipinski definition) is 2. The van der Waals surface area contributed by atoms with Crippen LogP contribution in [0.15, 0.2) is 79.1 Å². The van der Waals surface area contributed by atoms with Crippen molar-refractivity contribution < 1.29 is 14.3 Å². The highest BCUT2D eigenvalue weighted by molar-refractivity contribution is 6.06. The average Bonchev–Trinajstić information content (AvgIpc) is 3.51. The van der Waals surface area contributed by atoms with Gasteiger partial charge in [-0.1, -0.05) is 42.5 Å². The quantitative estimate of drug-likeness (QED) is 0.377. The molecule has 0 spiro atoms.